The van der Waals surface area contributed by atoms with Gasteiger partial charge in [-0.15, -0.1) is 12.3 Å². The summed E-state index contributed by atoms with van der Waals surface area (Å²) in [6.45, 7) is 2.72. The number of carbonyl (C=O) groups is 1. The Hall–Kier alpha value is -3.39. The van der Waals surface area contributed by atoms with Crippen molar-refractivity contribution >= 4 is 5.97 Å². The molecule has 0 atom stereocenters. The van der Waals surface area contributed by atoms with E-state index in [2.05, 4.69) is 22.9 Å². The number of benzene rings is 2. The summed E-state index contributed by atoms with van der Waals surface area (Å²) in [6, 6.07) is 14.9. The molecule has 1 aromatic heterocycles. The van der Waals surface area contributed by atoms with E-state index in [4.69, 9.17) is 6.42 Å². The molecule has 0 unspecified atom stereocenters. The van der Waals surface area contributed by atoms with Gasteiger partial charge in [-0.3, -0.25) is 0 Å². The smallest absolute Gasteiger partial charge is 0.336 e. The highest BCUT2D eigenvalue weighted by Gasteiger charge is 2.12. The van der Waals surface area contributed by atoms with E-state index >= 15 is 0 Å². The van der Waals surface area contributed by atoms with Gasteiger partial charge in [-0.1, -0.05) is 49.4 Å². The van der Waals surface area contributed by atoms with Crippen molar-refractivity contribution in [2.24, 2.45) is 0 Å². The van der Waals surface area contributed by atoms with E-state index in [1.807, 2.05) is 41.1 Å². The third-order valence-corrected chi connectivity index (χ3v) is 4.51. The molecule has 0 amide bonds. The van der Waals surface area contributed by atoms with E-state index in [0.29, 0.717) is 30.5 Å². The molecule has 1 N–H and O–H groups in total. The quantitative estimate of drug-likeness (QED) is 0.601. The molecule has 0 saturated carbocycles. The maximum atomic E-state index is 11.4. The first-order chi connectivity index (χ1) is 13.6. The third kappa shape index (κ3) is 4.47. The zero-order valence-corrected chi connectivity index (χ0v) is 15.9. The van der Waals surface area contributed by atoms with Crippen molar-refractivity contribution in [1.29, 1.82) is 0 Å². The van der Waals surface area contributed by atoms with Gasteiger partial charge in [-0.2, -0.15) is 5.10 Å². The average molecular weight is 373 g/mol. The summed E-state index contributed by atoms with van der Waals surface area (Å²) in [6.07, 6.45) is 8.58. The minimum Gasteiger partial charge on any atom is -0.478 e. The Bertz CT molecular complexity index is 997. The molecule has 142 valence electrons. The van der Waals surface area contributed by atoms with Gasteiger partial charge in [0.05, 0.1) is 12.1 Å². The van der Waals surface area contributed by atoms with E-state index in [1.165, 1.54) is 0 Å². The van der Waals surface area contributed by atoms with E-state index in [0.717, 1.165) is 35.6 Å². The zero-order chi connectivity index (χ0) is 19.9. The molecule has 0 bridgehead atoms. The molecule has 0 aliphatic rings. The number of nitrogens with zero attached hydrogens (tertiary/aromatic N) is 3. The molecular formula is C23H23N3O2. The number of carboxylic acid groups (broad SMARTS) is 1. The molecule has 0 aliphatic carbocycles. The lowest BCUT2D eigenvalue weighted by molar-refractivity contribution is 0.0697. The number of aromatic nitrogens is 3. The van der Waals surface area contributed by atoms with E-state index in [9.17, 15) is 9.90 Å². The van der Waals surface area contributed by atoms with Crippen LogP contribution in [0.3, 0.4) is 0 Å². The van der Waals surface area contributed by atoms with Crippen LogP contribution in [-0.2, 0) is 19.4 Å². The van der Waals surface area contributed by atoms with Crippen LogP contribution in [0.4, 0.5) is 0 Å². The summed E-state index contributed by atoms with van der Waals surface area (Å²) >= 11 is 0. The number of rotatable bonds is 8. The van der Waals surface area contributed by atoms with Crippen molar-refractivity contribution in [1.82, 2.24) is 14.8 Å². The fourth-order valence-corrected chi connectivity index (χ4v) is 3.14. The molecule has 0 fully saturated rings. The highest BCUT2D eigenvalue weighted by molar-refractivity contribution is 5.95. The second-order valence-corrected chi connectivity index (χ2v) is 6.60. The Morgan fingerprint density at radius 2 is 1.89 bits per heavy atom. The van der Waals surface area contributed by atoms with Gasteiger partial charge < -0.3 is 5.11 Å². The Balaban J connectivity index is 1.83. The fraction of sp³-hybridized carbons (Fsp3) is 0.261. The SMILES string of the molecule is C#CCCc1nc(CCC)nn1Cc1ccc(-c2ccccc2C(=O)O)cc1. The standard InChI is InChI=1S/C23H23N3O2/c1-3-5-11-22-24-21(8-4-2)25-26(22)16-17-12-14-18(15-13-17)19-9-6-7-10-20(19)23(27)28/h1,6-7,9-10,12-15H,4-5,8,11,16H2,2H3,(H,27,28). The Morgan fingerprint density at radius 1 is 1.14 bits per heavy atom. The van der Waals surface area contributed by atoms with E-state index in [1.54, 1.807) is 12.1 Å². The van der Waals surface area contributed by atoms with Crippen molar-refractivity contribution < 1.29 is 9.90 Å². The zero-order valence-electron chi connectivity index (χ0n) is 15.9. The van der Waals surface area contributed by atoms with E-state index in [-0.39, 0.29) is 0 Å². The number of carboxylic acids is 1. The lowest BCUT2D eigenvalue weighted by Gasteiger charge is -2.09. The first-order valence-corrected chi connectivity index (χ1v) is 9.40. The van der Waals surface area contributed by atoms with Gasteiger partial charge in [-0.05, 0) is 29.2 Å². The monoisotopic (exact) mass is 373 g/mol. The molecule has 3 aromatic rings. The Kier molecular flexibility index (Phi) is 6.23. The van der Waals surface area contributed by atoms with Crippen LogP contribution in [0, 0.1) is 12.3 Å². The number of aryl methyl sites for hydroxylation is 2. The molecular weight excluding hydrogens is 350 g/mol. The number of aromatic carboxylic acids is 1. The predicted octanol–water partition coefficient (Wildman–Crippen LogP) is 4.21. The first kappa shape index (κ1) is 19.4. The molecule has 3 rings (SSSR count). The van der Waals surface area contributed by atoms with Crippen molar-refractivity contribution in [3.05, 3.63) is 71.3 Å². The predicted molar refractivity (Wildman–Crippen MR) is 109 cm³/mol. The largest absolute Gasteiger partial charge is 0.478 e. The fourth-order valence-electron chi connectivity index (χ4n) is 3.14. The maximum absolute atomic E-state index is 11.4. The number of hydrogen-bond acceptors (Lipinski definition) is 3. The Labute approximate surface area is 165 Å². The summed E-state index contributed by atoms with van der Waals surface area (Å²) < 4.78 is 1.92. The maximum Gasteiger partial charge on any atom is 0.336 e. The normalized spacial score (nSPS) is 10.6. The molecule has 0 radical (unpaired) electrons. The molecule has 1 heterocycles. The van der Waals surface area contributed by atoms with Crippen LogP contribution in [0.15, 0.2) is 48.5 Å². The second kappa shape index (κ2) is 9.01. The lowest BCUT2D eigenvalue weighted by atomic mass is 9.99. The molecule has 0 saturated heterocycles. The third-order valence-electron chi connectivity index (χ3n) is 4.51. The highest BCUT2D eigenvalue weighted by Crippen LogP contribution is 2.24. The van der Waals surface area contributed by atoms with Gasteiger partial charge >= 0.3 is 5.97 Å². The summed E-state index contributed by atoms with van der Waals surface area (Å²) in [5, 5.41) is 14.0. The minimum atomic E-state index is -0.927. The van der Waals surface area contributed by atoms with Gasteiger partial charge in [0.25, 0.3) is 0 Å². The second-order valence-electron chi connectivity index (χ2n) is 6.60. The van der Waals surface area contributed by atoms with E-state index < -0.39 is 5.97 Å². The van der Waals surface area contributed by atoms with Crippen LogP contribution in [-0.4, -0.2) is 25.8 Å². The van der Waals surface area contributed by atoms with Crippen molar-refractivity contribution in [2.45, 2.75) is 39.2 Å². The van der Waals surface area contributed by atoms with Crippen LogP contribution in [0.1, 0.15) is 47.3 Å². The molecule has 0 aliphatic heterocycles. The molecule has 5 heteroatoms. The summed E-state index contributed by atoms with van der Waals surface area (Å²) in [7, 11) is 0. The van der Waals surface area contributed by atoms with Gasteiger partial charge in [0.1, 0.15) is 5.82 Å². The number of terminal acetylenes is 1. The van der Waals surface area contributed by atoms with Crippen LogP contribution in [0.2, 0.25) is 0 Å². The van der Waals surface area contributed by atoms with Crippen LogP contribution in [0.5, 0.6) is 0 Å². The topological polar surface area (TPSA) is 68.0 Å². The summed E-state index contributed by atoms with van der Waals surface area (Å²) in [5.41, 5.74) is 2.96. The van der Waals surface area contributed by atoms with Crippen LogP contribution >= 0.6 is 0 Å². The minimum absolute atomic E-state index is 0.298. The average Bonchev–Trinajstić information content (AvgIpc) is 3.08. The Morgan fingerprint density at radius 3 is 2.57 bits per heavy atom. The van der Waals surface area contributed by atoms with Gasteiger partial charge in [-0.25, -0.2) is 14.5 Å². The summed E-state index contributed by atoms with van der Waals surface area (Å²) in [5.74, 6) is 3.49. The highest BCUT2D eigenvalue weighted by atomic mass is 16.4. The van der Waals surface area contributed by atoms with Gasteiger partial charge in [0.2, 0.25) is 0 Å². The first-order valence-electron chi connectivity index (χ1n) is 9.40. The molecule has 28 heavy (non-hydrogen) atoms. The van der Waals surface area contributed by atoms with Crippen molar-refractivity contribution in [3.8, 4) is 23.5 Å². The van der Waals surface area contributed by atoms with Gasteiger partial charge in [0.15, 0.2) is 5.82 Å². The molecule has 0 spiro atoms. The van der Waals surface area contributed by atoms with Crippen LogP contribution in [0.25, 0.3) is 11.1 Å². The molecule has 2 aromatic carbocycles. The molecule has 5 nitrogen and oxygen atoms in total. The van der Waals surface area contributed by atoms with Crippen molar-refractivity contribution in [3.63, 3.8) is 0 Å². The van der Waals surface area contributed by atoms with Crippen LogP contribution < -0.4 is 0 Å². The summed E-state index contributed by atoms with van der Waals surface area (Å²) in [4.78, 5) is 16.1. The lowest BCUT2D eigenvalue weighted by Crippen LogP contribution is -2.07. The van der Waals surface area contributed by atoms with Crippen molar-refractivity contribution in [2.75, 3.05) is 0 Å². The number of hydrogen-bond donors (Lipinski definition) is 1. The van der Waals surface area contributed by atoms with Gasteiger partial charge in [0, 0.05) is 19.3 Å².